The number of methoxy groups -OCH3 is 2. The fourth-order valence-corrected chi connectivity index (χ4v) is 12.8. The van der Waals surface area contributed by atoms with Gasteiger partial charge < -0.3 is 37.9 Å². The van der Waals surface area contributed by atoms with Crippen LogP contribution in [0.1, 0.15) is 108 Å². The predicted octanol–water partition coefficient (Wildman–Crippen LogP) is 5.99. The van der Waals surface area contributed by atoms with E-state index in [1.54, 1.807) is 19.2 Å². The molecule has 2 saturated heterocycles. The summed E-state index contributed by atoms with van der Waals surface area (Å²) >= 11 is 1.47. The summed E-state index contributed by atoms with van der Waals surface area (Å²) in [7, 11) is 5.04. The summed E-state index contributed by atoms with van der Waals surface area (Å²) in [5, 5.41) is 14.3. The molecule has 344 valence electrons. The van der Waals surface area contributed by atoms with Crippen LogP contribution in [-0.2, 0) is 42.3 Å². The Bertz CT molecular complexity index is 2540. The molecule has 65 heavy (non-hydrogen) atoms. The largest absolute Gasteiger partial charge is 0.493 e. The van der Waals surface area contributed by atoms with Gasteiger partial charge in [-0.25, -0.2) is 4.79 Å². The third kappa shape index (κ3) is 7.06. The maximum atomic E-state index is 15.1. The van der Waals surface area contributed by atoms with E-state index in [9.17, 15) is 19.6 Å². The highest BCUT2D eigenvalue weighted by atomic mass is 32.2. The molecule has 10 rings (SSSR count). The normalized spacial score (nSPS) is 26.1. The van der Waals surface area contributed by atoms with Gasteiger partial charge >= 0.3 is 23.9 Å². The lowest BCUT2D eigenvalue weighted by Gasteiger charge is -2.62. The molecule has 0 amide bonds. The SMILES string of the molecule is CCCC(=O)Oc1cc2c(cc1OC)[C@@]1(CS[C@@H]3c4c(OC(C)=O)c(C)c5c(c4[C@H](COC1=O)N1C3[C@H]3c4c(cc(C)c(OC)c4OC(=O)CCC)C[C@H]([C@@H]1C#N)N3C)OCO5)NCC2. The van der Waals surface area contributed by atoms with Crippen LogP contribution in [0, 0.1) is 25.2 Å². The first-order valence-corrected chi connectivity index (χ1v) is 23.3. The van der Waals surface area contributed by atoms with E-state index >= 15 is 4.79 Å². The Morgan fingerprint density at radius 3 is 2.34 bits per heavy atom. The van der Waals surface area contributed by atoms with E-state index in [4.69, 9.17) is 37.9 Å². The van der Waals surface area contributed by atoms with E-state index in [0.29, 0.717) is 83.2 Å². The zero-order valence-corrected chi connectivity index (χ0v) is 38.7. The van der Waals surface area contributed by atoms with Crippen LogP contribution in [0.2, 0.25) is 0 Å². The Labute approximate surface area is 382 Å². The minimum atomic E-state index is -1.43. The van der Waals surface area contributed by atoms with Gasteiger partial charge in [0.1, 0.15) is 18.4 Å². The monoisotopic (exact) mass is 910 g/mol. The molecule has 0 aliphatic carbocycles. The summed E-state index contributed by atoms with van der Waals surface area (Å²) in [5.74, 6) is 0.731. The molecule has 7 aliphatic rings. The maximum absolute atomic E-state index is 15.1. The molecule has 0 saturated carbocycles. The predicted molar refractivity (Wildman–Crippen MR) is 236 cm³/mol. The molecule has 1 spiro atoms. The van der Waals surface area contributed by atoms with Crippen molar-refractivity contribution in [1.82, 2.24) is 15.1 Å². The number of likely N-dealkylation sites (N-methyl/N-ethyl adjacent to an activating group) is 1. The summed E-state index contributed by atoms with van der Waals surface area (Å²) < 4.78 is 49.1. The lowest BCUT2D eigenvalue weighted by molar-refractivity contribution is -0.157. The Morgan fingerprint density at radius 2 is 1.65 bits per heavy atom. The molecular formula is C48H54N4O12S. The minimum Gasteiger partial charge on any atom is -0.493 e. The zero-order valence-electron chi connectivity index (χ0n) is 37.9. The molecule has 16 nitrogen and oxygen atoms in total. The molecule has 7 heterocycles. The molecule has 3 aromatic rings. The highest BCUT2D eigenvalue weighted by molar-refractivity contribution is 7.99. The van der Waals surface area contributed by atoms with Crippen LogP contribution in [0.15, 0.2) is 18.2 Å². The number of aryl methyl sites for hydroxylation is 1. The first-order chi connectivity index (χ1) is 31.3. The van der Waals surface area contributed by atoms with Crippen molar-refractivity contribution in [3.8, 4) is 46.3 Å². The van der Waals surface area contributed by atoms with Crippen LogP contribution >= 0.6 is 11.8 Å². The number of nitrogens with zero attached hydrogens (tertiary/aromatic N) is 3. The highest BCUT2D eigenvalue weighted by Crippen LogP contribution is 2.65. The zero-order chi connectivity index (χ0) is 46.1. The van der Waals surface area contributed by atoms with Gasteiger partial charge in [0, 0.05) is 66.4 Å². The average molecular weight is 911 g/mol. The van der Waals surface area contributed by atoms with Gasteiger partial charge in [0.2, 0.25) is 6.79 Å². The fourth-order valence-electron chi connectivity index (χ4n) is 11.1. The standard InChI is InChI=1S/C48H54N4O12S/c1-9-11-34(54)63-33-17-26-13-14-50-48(28(26)18-32(33)57-7)21-65-46-38-37(44-43(60-22-61-44)24(4)42(38)62-25(5)53)31(20-59-47(48)56)52-30(19-49)29-16-27-15-23(3)41(58-8)45(64-35(55)12-10-2)36(27)39(40(46)52)51(29)6/h15,17-18,29-31,39-40,46,50H,9-14,16,20-22H2,1-8H3/t29-,30+,31+,39-,40?,46-,48-/m1/s1. The molecule has 2 fully saturated rings. The molecule has 3 aromatic carbocycles. The van der Waals surface area contributed by atoms with Crippen molar-refractivity contribution in [3.63, 3.8) is 0 Å². The number of hydrogen-bond donors (Lipinski definition) is 1. The van der Waals surface area contributed by atoms with Crippen LogP contribution < -0.4 is 38.5 Å². The van der Waals surface area contributed by atoms with Crippen molar-refractivity contribution < 1.29 is 57.1 Å². The molecule has 1 N–H and O–H groups in total. The number of esters is 4. The lowest BCUT2D eigenvalue weighted by Crippen LogP contribution is -2.69. The summed E-state index contributed by atoms with van der Waals surface area (Å²) in [6, 6.07) is 5.24. The molecular weight excluding hydrogens is 857 g/mol. The second kappa shape index (κ2) is 17.4. The van der Waals surface area contributed by atoms with Crippen LogP contribution in [0.5, 0.6) is 40.2 Å². The molecule has 0 radical (unpaired) electrons. The van der Waals surface area contributed by atoms with Gasteiger partial charge in [0.25, 0.3) is 0 Å². The van der Waals surface area contributed by atoms with Crippen molar-refractivity contribution in [2.24, 2.45) is 0 Å². The number of fused-ring (bicyclic) bond motifs is 9. The van der Waals surface area contributed by atoms with E-state index in [1.165, 1.54) is 25.8 Å². The number of carbonyl (C=O) groups is 4. The van der Waals surface area contributed by atoms with E-state index in [-0.39, 0.29) is 49.5 Å². The minimum absolute atomic E-state index is 0.0874. The number of rotatable bonds is 9. The van der Waals surface area contributed by atoms with Crippen molar-refractivity contribution in [1.29, 1.82) is 5.26 Å². The first kappa shape index (κ1) is 44.7. The molecule has 7 aliphatic heterocycles. The van der Waals surface area contributed by atoms with Crippen LogP contribution in [0.4, 0.5) is 0 Å². The molecule has 4 bridgehead atoms. The van der Waals surface area contributed by atoms with E-state index in [2.05, 4.69) is 27.3 Å². The number of carbonyl (C=O) groups excluding carboxylic acids is 4. The Morgan fingerprint density at radius 1 is 0.908 bits per heavy atom. The number of piperazine rings is 1. The second-order valence-corrected chi connectivity index (χ2v) is 18.6. The van der Waals surface area contributed by atoms with Crippen LogP contribution in [-0.4, -0.2) is 98.8 Å². The number of nitriles is 1. The van der Waals surface area contributed by atoms with E-state index < -0.39 is 58.8 Å². The van der Waals surface area contributed by atoms with Crippen LogP contribution in [0.25, 0.3) is 0 Å². The summed E-state index contributed by atoms with van der Waals surface area (Å²) in [5.41, 5.74) is 4.32. The second-order valence-electron chi connectivity index (χ2n) is 17.5. The summed E-state index contributed by atoms with van der Waals surface area (Å²) in [4.78, 5) is 58.9. The van der Waals surface area contributed by atoms with Gasteiger partial charge in [0.05, 0.1) is 37.6 Å². The number of ether oxygens (including phenoxy) is 8. The fraction of sp³-hybridized carbons (Fsp3) is 0.521. The molecule has 1 unspecified atom stereocenters. The highest BCUT2D eigenvalue weighted by Gasteiger charge is 2.62. The molecule has 7 atom stereocenters. The quantitative estimate of drug-likeness (QED) is 0.195. The van der Waals surface area contributed by atoms with Gasteiger partial charge in [-0.3, -0.25) is 29.5 Å². The van der Waals surface area contributed by atoms with E-state index in [1.807, 2.05) is 34.7 Å². The smallest absolute Gasteiger partial charge is 0.331 e. The summed E-state index contributed by atoms with van der Waals surface area (Å²) in [6.45, 7) is 9.01. The third-order valence-corrected chi connectivity index (χ3v) is 15.2. The summed E-state index contributed by atoms with van der Waals surface area (Å²) in [6.07, 6.45) is 2.61. The van der Waals surface area contributed by atoms with Crippen molar-refractivity contribution in [3.05, 3.63) is 62.7 Å². The van der Waals surface area contributed by atoms with Gasteiger partial charge in [-0.1, -0.05) is 19.9 Å². The third-order valence-electron chi connectivity index (χ3n) is 13.7. The lowest BCUT2D eigenvalue weighted by atomic mass is 9.71. The van der Waals surface area contributed by atoms with Gasteiger partial charge in [-0.2, -0.15) is 5.26 Å². The number of nitrogens with one attached hydrogen (secondary N) is 1. The number of hydrogen-bond acceptors (Lipinski definition) is 17. The Hall–Kier alpha value is -5.54. The van der Waals surface area contributed by atoms with Crippen molar-refractivity contribution >= 4 is 35.6 Å². The average Bonchev–Trinajstić information content (AvgIpc) is 3.77. The maximum Gasteiger partial charge on any atom is 0.331 e. The van der Waals surface area contributed by atoms with Gasteiger partial charge in [-0.15, -0.1) is 11.8 Å². The van der Waals surface area contributed by atoms with E-state index in [0.717, 1.165) is 22.3 Å². The van der Waals surface area contributed by atoms with Gasteiger partial charge in [0.15, 0.2) is 40.0 Å². The van der Waals surface area contributed by atoms with Crippen molar-refractivity contribution in [2.45, 2.75) is 114 Å². The Kier molecular flexibility index (Phi) is 11.9. The number of benzene rings is 3. The Balaban J connectivity index is 1.30. The molecule has 17 heteroatoms. The van der Waals surface area contributed by atoms with Crippen LogP contribution in [0.3, 0.4) is 0 Å². The number of thioether (sulfide) groups is 1. The van der Waals surface area contributed by atoms with Crippen molar-refractivity contribution in [2.75, 3.05) is 47.0 Å². The molecule has 0 aromatic heterocycles. The van der Waals surface area contributed by atoms with Gasteiger partial charge in [-0.05, 0) is 81.0 Å². The first-order valence-electron chi connectivity index (χ1n) is 22.2. The topological polar surface area (TPSA) is 184 Å².